The summed E-state index contributed by atoms with van der Waals surface area (Å²) < 4.78 is 5.80. The molecule has 214 valence electrons. The molecule has 0 atom stereocenters. The molecule has 0 unspecified atom stereocenters. The van der Waals surface area contributed by atoms with Gasteiger partial charge in [0.25, 0.3) is 11.8 Å². The Morgan fingerprint density at radius 2 is 1.38 bits per heavy atom. The van der Waals surface area contributed by atoms with Crippen molar-refractivity contribution in [1.82, 2.24) is 10.6 Å². The number of hydrogen-bond donors (Lipinski definition) is 5. The molecule has 0 aliphatic heterocycles. The number of aliphatic hydroxyl groups is 1. The van der Waals surface area contributed by atoms with Crippen molar-refractivity contribution >= 4 is 25.9 Å². The first-order valence-corrected chi connectivity index (χ1v) is 16.2. The molecule has 0 aromatic heterocycles. The number of aromatic carboxylic acids is 1. The zero-order chi connectivity index (χ0) is 28.8. The van der Waals surface area contributed by atoms with Crippen molar-refractivity contribution in [2.24, 2.45) is 0 Å². The number of carboxylic acids is 1. The predicted octanol–water partition coefficient (Wildman–Crippen LogP) is 4.91. The van der Waals surface area contributed by atoms with Gasteiger partial charge in [-0.15, -0.1) is 0 Å². The Kier molecular flexibility index (Phi) is 13.1. The van der Waals surface area contributed by atoms with Crippen LogP contribution < -0.4 is 15.4 Å². The molecule has 0 bridgehead atoms. The van der Waals surface area contributed by atoms with Gasteiger partial charge >= 0.3 is 5.97 Å². The fraction of sp³-hybridized carbons (Fsp3) is 0.464. The Morgan fingerprint density at radius 3 is 1.95 bits per heavy atom. The Hall–Kier alpha value is -3.25. The third kappa shape index (κ3) is 9.17. The fourth-order valence-electron chi connectivity index (χ4n) is 4.56. The van der Waals surface area contributed by atoms with Gasteiger partial charge in [-0.1, -0.05) is 44.9 Å². The highest BCUT2D eigenvalue weighted by molar-refractivity contribution is 6.79. The van der Waals surface area contributed by atoms with E-state index in [1.165, 1.54) is 42.4 Å². The van der Waals surface area contributed by atoms with Gasteiger partial charge in [-0.3, -0.25) is 14.8 Å². The van der Waals surface area contributed by atoms with Crippen LogP contribution in [-0.4, -0.2) is 61.0 Å². The average molecular weight is 561 g/mol. The molecule has 0 radical (unpaired) electrons. The first kappa shape index (κ1) is 32.0. The highest BCUT2D eigenvalue weighted by Crippen LogP contribution is 2.28. The monoisotopic (exact) mass is 560 g/mol. The molecule has 0 aliphatic rings. The van der Waals surface area contributed by atoms with E-state index < -0.39 is 20.0 Å². The van der Waals surface area contributed by atoms with Crippen LogP contribution in [0.1, 0.15) is 70.3 Å². The normalized spacial score (nSPS) is 11.2. The minimum Gasteiger partial charge on any atom is -0.478 e. The Balaban J connectivity index is 2.14. The SMILES string of the molecule is CC[Si](CC)(CC)CCCNC(=O)c1ccc(Oc2ccc(C(=O)NCCCO)c(C(=O)O)c2)cc1COO. The van der Waals surface area contributed by atoms with Crippen LogP contribution in [0.2, 0.25) is 24.2 Å². The largest absolute Gasteiger partial charge is 0.478 e. The molecule has 0 saturated heterocycles. The summed E-state index contributed by atoms with van der Waals surface area (Å²) in [6.07, 6.45) is 1.27. The van der Waals surface area contributed by atoms with Gasteiger partial charge in [-0.05, 0) is 54.8 Å². The Morgan fingerprint density at radius 1 is 0.821 bits per heavy atom. The van der Waals surface area contributed by atoms with Crippen molar-refractivity contribution in [2.75, 3.05) is 19.7 Å². The topological polar surface area (TPSA) is 154 Å². The Bertz CT molecular complexity index is 1110. The summed E-state index contributed by atoms with van der Waals surface area (Å²) in [7, 11) is -1.25. The van der Waals surface area contributed by atoms with Crippen LogP contribution in [0.25, 0.3) is 0 Å². The second kappa shape index (κ2) is 16.0. The molecule has 0 fully saturated rings. The smallest absolute Gasteiger partial charge is 0.336 e. The number of benzene rings is 2. The summed E-state index contributed by atoms with van der Waals surface area (Å²) >= 11 is 0. The van der Waals surface area contributed by atoms with Crippen LogP contribution in [-0.2, 0) is 11.5 Å². The molecule has 0 spiro atoms. The molecule has 11 heteroatoms. The van der Waals surface area contributed by atoms with Gasteiger partial charge in [0.1, 0.15) is 18.1 Å². The number of ether oxygens (including phenoxy) is 1. The number of rotatable bonds is 17. The first-order valence-electron chi connectivity index (χ1n) is 13.4. The van der Waals surface area contributed by atoms with Crippen LogP contribution in [0.4, 0.5) is 0 Å². The number of nitrogens with one attached hydrogen (secondary N) is 2. The molecule has 5 N–H and O–H groups in total. The highest BCUT2D eigenvalue weighted by Gasteiger charge is 2.25. The summed E-state index contributed by atoms with van der Waals surface area (Å²) in [5, 5.41) is 33.0. The van der Waals surface area contributed by atoms with Crippen molar-refractivity contribution < 1.29 is 39.5 Å². The third-order valence-corrected chi connectivity index (χ3v) is 13.2. The van der Waals surface area contributed by atoms with Crippen molar-refractivity contribution in [3.63, 3.8) is 0 Å². The number of hydrogen-bond acceptors (Lipinski definition) is 7. The van der Waals surface area contributed by atoms with E-state index in [2.05, 4.69) is 36.3 Å². The molecule has 2 rings (SSSR count). The summed E-state index contributed by atoms with van der Waals surface area (Å²) in [5.41, 5.74) is 0.448. The molecule has 2 aromatic rings. The van der Waals surface area contributed by atoms with Gasteiger partial charge in [-0.25, -0.2) is 9.68 Å². The van der Waals surface area contributed by atoms with Crippen LogP contribution in [0.15, 0.2) is 36.4 Å². The minimum atomic E-state index is -1.30. The highest BCUT2D eigenvalue weighted by atomic mass is 28.3. The molecule has 10 nitrogen and oxygen atoms in total. The van der Waals surface area contributed by atoms with E-state index in [1.54, 1.807) is 12.1 Å². The molecule has 39 heavy (non-hydrogen) atoms. The molecule has 2 aromatic carbocycles. The van der Waals surface area contributed by atoms with E-state index in [1.807, 2.05) is 0 Å². The average Bonchev–Trinajstić information content (AvgIpc) is 2.93. The van der Waals surface area contributed by atoms with Crippen molar-refractivity contribution in [2.45, 2.75) is 64.4 Å². The lowest BCUT2D eigenvalue weighted by Gasteiger charge is -2.28. The summed E-state index contributed by atoms with van der Waals surface area (Å²) in [6.45, 7) is 7.21. The minimum absolute atomic E-state index is 0.0362. The second-order valence-electron chi connectivity index (χ2n) is 9.46. The lowest BCUT2D eigenvalue weighted by atomic mass is 10.1. The van der Waals surface area contributed by atoms with E-state index >= 15 is 0 Å². The van der Waals surface area contributed by atoms with Crippen molar-refractivity contribution in [3.8, 4) is 11.5 Å². The van der Waals surface area contributed by atoms with Gasteiger partial charge in [0.05, 0.1) is 19.2 Å². The van der Waals surface area contributed by atoms with Crippen LogP contribution >= 0.6 is 0 Å². The fourth-order valence-corrected chi connectivity index (χ4v) is 8.05. The molecular weight excluding hydrogens is 520 g/mol. The maximum absolute atomic E-state index is 12.9. The zero-order valence-electron chi connectivity index (χ0n) is 22.9. The van der Waals surface area contributed by atoms with Gasteiger partial charge in [-0.2, -0.15) is 0 Å². The summed E-state index contributed by atoms with van der Waals surface area (Å²) in [6, 6.07) is 13.6. The quantitative estimate of drug-likeness (QED) is 0.0791. The van der Waals surface area contributed by atoms with E-state index in [-0.39, 0.29) is 42.5 Å². The maximum Gasteiger partial charge on any atom is 0.336 e. The molecule has 0 heterocycles. The number of amides is 2. The van der Waals surface area contributed by atoms with E-state index in [0.29, 0.717) is 29.8 Å². The summed E-state index contributed by atoms with van der Waals surface area (Å²) in [5.74, 6) is -1.69. The van der Waals surface area contributed by atoms with Crippen LogP contribution in [0.5, 0.6) is 11.5 Å². The van der Waals surface area contributed by atoms with Crippen LogP contribution in [0.3, 0.4) is 0 Å². The predicted molar refractivity (Wildman–Crippen MR) is 150 cm³/mol. The standard InChI is InChI=1S/C28H40N2O8Si/c1-4-39(5-2,6-3)16-8-14-30-26(32)23-11-9-21(17-20(23)19-37-36)38-22-10-12-24(25(18-22)28(34)35)27(33)29-13-7-15-31/h9-12,17-18,31,36H,4-8,13-16,19H2,1-3H3,(H,29,33)(H,30,32)(H,34,35). The van der Waals surface area contributed by atoms with Crippen LogP contribution in [0, 0.1) is 0 Å². The molecule has 0 saturated carbocycles. The van der Waals surface area contributed by atoms with Crippen molar-refractivity contribution in [1.29, 1.82) is 0 Å². The maximum atomic E-state index is 12.9. The van der Waals surface area contributed by atoms with E-state index in [9.17, 15) is 19.5 Å². The van der Waals surface area contributed by atoms with Gasteiger partial charge in [0.2, 0.25) is 0 Å². The number of carbonyl (C=O) groups is 3. The number of carbonyl (C=O) groups excluding carboxylic acids is 2. The van der Waals surface area contributed by atoms with Gasteiger partial charge in [0.15, 0.2) is 0 Å². The van der Waals surface area contributed by atoms with E-state index in [0.717, 1.165) is 12.5 Å². The van der Waals surface area contributed by atoms with Gasteiger partial charge < -0.3 is 25.6 Å². The second-order valence-corrected chi connectivity index (χ2v) is 15.1. The third-order valence-electron chi connectivity index (χ3n) is 7.28. The van der Waals surface area contributed by atoms with E-state index in [4.69, 9.17) is 15.1 Å². The van der Waals surface area contributed by atoms with Gasteiger partial charge in [0, 0.05) is 25.3 Å². The number of carboxylic acid groups (broad SMARTS) is 1. The first-order chi connectivity index (χ1) is 18.7. The lowest BCUT2D eigenvalue weighted by Crippen LogP contribution is -2.33. The molecular formula is C28H40N2O8Si. The summed E-state index contributed by atoms with van der Waals surface area (Å²) in [4.78, 5) is 41.3. The number of aliphatic hydroxyl groups excluding tert-OH is 1. The molecule has 0 aliphatic carbocycles. The molecule has 2 amide bonds. The lowest BCUT2D eigenvalue weighted by molar-refractivity contribution is -0.253. The zero-order valence-corrected chi connectivity index (χ0v) is 23.9. The Labute approximate surface area is 230 Å². The van der Waals surface area contributed by atoms with Crippen molar-refractivity contribution in [3.05, 3.63) is 58.7 Å².